The normalized spacial score (nSPS) is 20.6. The summed E-state index contributed by atoms with van der Waals surface area (Å²) in [4.78, 5) is 0. The van der Waals surface area contributed by atoms with Crippen molar-refractivity contribution < 1.29 is 18.9 Å². The number of hydrogen-bond donors (Lipinski definition) is 0. The van der Waals surface area contributed by atoms with Crippen molar-refractivity contribution in [2.24, 2.45) is 0 Å². The number of fused-ring (bicyclic) bond motifs is 2. The predicted molar refractivity (Wildman–Crippen MR) is 103 cm³/mol. The first-order chi connectivity index (χ1) is 11.3. The molecular formula is C22H24LiSi+. The van der Waals surface area contributed by atoms with E-state index < -0.39 is 8.07 Å². The molecular weight excluding hydrogens is 299 g/mol. The van der Waals surface area contributed by atoms with Crippen LogP contribution < -0.4 is 18.9 Å². The number of hydrogen-bond acceptors (Lipinski definition) is 0. The van der Waals surface area contributed by atoms with E-state index in [-0.39, 0.29) is 18.9 Å². The largest absolute Gasteiger partial charge is 1.00 e. The maximum Gasteiger partial charge on any atom is 1.00 e. The minimum Gasteiger partial charge on any atom is -0.0791 e. The molecule has 0 N–H and O–H groups in total. The molecule has 2 aliphatic rings. The number of rotatable bonds is 4. The van der Waals surface area contributed by atoms with Gasteiger partial charge < -0.3 is 0 Å². The Kier molecular flexibility index (Phi) is 5.06. The van der Waals surface area contributed by atoms with E-state index in [2.05, 4.69) is 86.7 Å². The van der Waals surface area contributed by atoms with Crippen LogP contribution in [-0.4, -0.2) is 8.07 Å². The molecule has 0 fully saturated rings. The summed E-state index contributed by atoms with van der Waals surface area (Å²) in [5.74, 6) is 0. The van der Waals surface area contributed by atoms with E-state index in [0.29, 0.717) is 11.1 Å². The van der Waals surface area contributed by atoms with Gasteiger partial charge in [0.15, 0.2) is 0 Å². The summed E-state index contributed by atoms with van der Waals surface area (Å²) in [6.07, 6.45) is 9.74. The fraction of sp³-hybridized carbons (Fsp3) is 0.273. The Morgan fingerprint density at radius 3 is 1.54 bits per heavy atom. The van der Waals surface area contributed by atoms with Gasteiger partial charge in [-0.15, -0.1) is 0 Å². The molecule has 0 nitrogen and oxygen atoms in total. The third kappa shape index (κ3) is 2.51. The van der Waals surface area contributed by atoms with E-state index in [0.717, 1.165) is 0 Å². The second kappa shape index (κ2) is 6.92. The van der Waals surface area contributed by atoms with Gasteiger partial charge in [0.25, 0.3) is 0 Å². The second-order valence-corrected chi connectivity index (χ2v) is 12.0. The van der Waals surface area contributed by atoms with Crippen LogP contribution >= 0.6 is 0 Å². The van der Waals surface area contributed by atoms with Crippen molar-refractivity contribution in [3.8, 4) is 0 Å². The Morgan fingerprint density at radius 2 is 1.12 bits per heavy atom. The molecule has 4 rings (SSSR count). The van der Waals surface area contributed by atoms with Gasteiger partial charge in [0.1, 0.15) is 0 Å². The van der Waals surface area contributed by atoms with Crippen molar-refractivity contribution in [1.29, 1.82) is 0 Å². The van der Waals surface area contributed by atoms with Crippen molar-refractivity contribution in [2.45, 2.75) is 37.0 Å². The fourth-order valence-corrected chi connectivity index (χ4v) is 10.2. The van der Waals surface area contributed by atoms with Crippen LogP contribution in [0.5, 0.6) is 0 Å². The average molecular weight is 323 g/mol. The molecule has 2 aliphatic carbocycles. The Balaban J connectivity index is 0.00000169. The van der Waals surface area contributed by atoms with Gasteiger partial charge >= 0.3 is 18.9 Å². The van der Waals surface area contributed by atoms with Crippen LogP contribution in [0.4, 0.5) is 0 Å². The SMILES string of the molecule is CC[Si](CC)(C1C=Cc2ccccc21)C1C=Cc2ccccc21.[Li+]. The second-order valence-electron chi connectivity index (χ2n) is 6.87. The average Bonchev–Trinajstić information content (AvgIpc) is 3.23. The van der Waals surface area contributed by atoms with Gasteiger partial charge in [-0.1, -0.05) is 98.8 Å². The topological polar surface area (TPSA) is 0 Å². The zero-order valence-electron chi connectivity index (χ0n) is 15.0. The van der Waals surface area contributed by atoms with Crippen molar-refractivity contribution in [3.63, 3.8) is 0 Å². The van der Waals surface area contributed by atoms with Crippen molar-refractivity contribution >= 4 is 20.2 Å². The smallest absolute Gasteiger partial charge is 0.0791 e. The first kappa shape index (κ1) is 17.6. The zero-order valence-corrected chi connectivity index (χ0v) is 16.0. The van der Waals surface area contributed by atoms with E-state index in [1.165, 1.54) is 23.2 Å². The Morgan fingerprint density at radius 1 is 0.708 bits per heavy atom. The monoisotopic (exact) mass is 323 g/mol. The van der Waals surface area contributed by atoms with E-state index >= 15 is 0 Å². The number of allylic oxidation sites excluding steroid dienone is 2. The van der Waals surface area contributed by atoms with Crippen LogP contribution in [0.15, 0.2) is 60.7 Å². The van der Waals surface area contributed by atoms with Crippen LogP contribution in [0.2, 0.25) is 12.1 Å². The Bertz CT molecular complexity index is 723. The molecule has 2 unspecified atom stereocenters. The Hall–Kier alpha value is -1.27. The van der Waals surface area contributed by atoms with E-state index in [1.807, 2.05) is 0 Å². The van der Waals surface area contributed by atoms with Gasteiger partial charge in [0, 0.05) is 0 Å². The van der Waals surface area contributed by atoms with E-state index in [4.69, 9.17) is 0 Å². The van der Waals surface area contributed by atoms with Crippen LogP contribution in [0, 0.1) is 0 Å². The maximum absolute atomic E-state index is 2.51. The molecule has 116 valence electrons. The van der Waals surface area contributed by atoms with Crippen LogP contribution in [0.3, 0.4) is 0 Å². The minimum absolute atomic E-state index is 0. The van der Waals surface area contributed by atoms with Crippen LogP contribution in [-0.2, 0) is 0 Å². The maximum atomic E-state index is 2.51. The number of benzene rings is 2. The molecule has 24 heavy (non-hydrogen) atoms. The van der Waals surface area contributed by atoms with Gasteiger partial charge in [-0.05, 0) is 33.3 Å². The molecule has 2 atom stereocenters. The molecule has 2 aromatic rings. The molecule has 0 saturated heterocycles. The standard InChI is InChI=1S/C22H24Si.Li/c1-3-23(4-2,21-15-13-17-9-5-7-11-19(17)21)22-16-14-18-10-6-8-12-20(18)22;/h5-16,21-22H,3-4H2,1-2H3;/q;+1. The molecule has 0 bridgehead atoms. The summed E-state index contributed by atoms with van der Waals surface area (Å²) in [5.41, 5.74) is 7.31. The van der Waals surface area contributed by atoms with Gasteiger partial charge in [0.2, 0.25) is 0 Å². The predicted octanol–water partition coefficient (Wildman–Crippen LogP) is 3.18. The summed E-state index contributed by atoms with van der Waals surface area (Å²) < 4.78 is 0. The summed E-state index contributed by atoms with van der Waals surface area (Å²) in [6.45, 7) is 4.86. The summed E-state index contributed by atoms with van der Waals surface area (Å²) in [7, 11) is -1.55. The van der Waals surface area contributed by atoms with Gasteiger partial charge in [-0.3, -0.25) is 0 Å². The molecule has 0 heterocycles. The van der Waals surface area contributed by atoms with Gasteiger partial charge in [-0.25, -0.2) is 0 Å². The molecule has 2 heteroatoms. The Labute approximate surface area is 158 Å². The summed E-state index contributed by atoms with van der Waals surface area (Å²) in [6, 6.07) is 20.7. The zero-order chi connectivity index (χ0) is 15.9. The van der Waals surface area contributed by atoms with Crippen LogP contribution in [0.25, 0.3) is 12.2 Å². The molecule has 0 radical (unpaired) electrons. The summed E-state index contributed by atoms with van der Waals surface area (Å²) >= 11 is 0. The van der Waals surface area contributed by atoms with Gasteiger partial charge in [0.05, 0.1) is 8.07 Å². The molecule has 0 amide bonds. The van der Waals surface area contributed by atoms with Crippen LogP contribution in [0.1, 0.15) is 47.2 Å². The van der Waals surface area contributed by atoms with Crippen molar-refractivity contribution in [2.75, 3.05) is 0 Å². The summed E-state index contributed by atoms with van der Waals surface area (Å²) in [5, 5.41) is 0. The first-order valence-corrected chi connectivity index (χ1v) is 11.4. The molecule has 2 aromatic carbocycles. The van der Waals surface area contributed by atoms with Crippen molar-refractivity contribution in [1.82, 2.24) is 0 Å². The molecule has 0 spiro atoms. The first-order valence-electron chi connectivity index (χ1n) is 8.84. The third-order valence-electron chi connectivity index (χ3n) is 6.15. The minimum atomic E-state index is -1.55. The fourth-order valence-electron chi connectivity index (χ4n) is 4.82. The van der Waals surface area contributed by atoms with Gasteiger partial charge in [-0.2, -0.15) is 0 Å². The van der Waals surface area contributed by atoms with Crippen molar-refractivity contribution in [3.05, 3.63) is 82.9 Å². The quantitative estimate of drug-likeness (QED) is 0.758. The van der Waals surface area contributed by atoms with E-state index in [1.54, 1.807) is 11.1 Å². The third-order valence-corrected chi connectivity index (χ3v) is 12.3. The van der Waals surface area contributed by atoms with E-state index in [9.17, 15) is 0 Å². The molecule has 0 aliphatic heterocycles. The molecule has 0 aromatic heterocycles. The molecule has 0 saturated carbocycles.